The maximum Gasteiger partial charge on any atom is 0.259 e. The number of hydrogen-bond donors (Lipinski definition) is 1. The number of aromatic nitrogens is 1. The number of benzene rings is 1. The van der Waals surface area contributed by atoms with Gasteiger partial charge in [0.1, 0.15) is 5.56 Å². The van der Waals surface area contributed by atoms with Crippen LogP contribution in [0.5, 0.6) is 0 Å². The highest BCUT2D eigenvalue weighted by atomic mass is 35.5. The highest BCUT2D eigenvalue weighted by Crippen LogP contribution is 2.16. The minimum Gasteiger partial charge on any atom is -0.360 e. The fourth-order valence-electron chi connectivity index (χ4n) is 2.44. The quantitative estimate of drug-likeness (QED) is 0.870. The molecule has 98 valence electrons. The number of carbonyl (C=O) groups excluding carboxylic acids is 1. The summed E-state index contributed by atoms with van der Waals surface area (Å²) >= 11 is 5.88. The number of fused-ring (bicyclic) bond motifs is 1. The minimum atomic E-state index is -0.234. The third kappa shape index (κ3) is 2.12. The summed E-state index contributed by atoms with van der Waals surface area (Å²) in [6.45, 7) is 1.47. The summed E-state index contributed by atoms with van der Waals surface area (Å²) in [6, 6.07) is 4.99. The average Bonchev–Trinajstić information content (AvgIpc) is 2.92. The lowest BCUT2D eigenvalue weighted by molar-refractivity contribution is 0.0791. The summed E-state index contributed by atoms with van der Waals surface area (Å²) in [4.78, 5) is 29.3. The van der Waals surface area contributed by atoms with Crippen molar-refractivity contribution in [1.82, 2.24) is 9.88 Å². The van der Waals surface area contributed by atoms with Crippen LogP contribution in [-0.4, -0.2) is 28.9 Å². The second-order valence-corrected chi connectivity index (χ2v) is 5.16. The predicted octanol–water partition coefficient (Wildman–Crippen LogP) is 2.42. The van der Waals surface area contributed by atoms with E-state index in [4.69, 9.17) is 11.6 Å². The van der Waals surface area contributed by atoms with Gasteiger partial charge in [-0.3, -0.25) is 9.59 Å². The Hall–Kier alpha value is -1.81. The molecule has 0 unspecified atom stereocenters. The molecule has 1 amide bonds. The molecule has 2 heterocycles. The molecular formula is C14H13ClN2O2. The van der Waals surface area contributed by atoms with Crippen LogP contribution in [0.3, 0.4) is 0 Å². The van der Waals surface area contributed by atoms with E-state index >= 15 is 0 Å². The SMILES string of the molecule is O=C(c1c[nH]c2cc(Cl)ccc2c1=O)N1CCCC1. The molecular weight excluding hydrogens is 264 g/mol. The number of likely N-dealkylation sites (tertiary alicyclic amines) is 1. The molecule has 5 heteroatoms. The van der Waals surface area contributed by atoms with Gasteiger partial charge >= 0.3 is 0 Å². The largest absolute Gasteiger partial charge is 0.360 e. The van der Waals surface area contributed by atoms with Crippen molar-refractivity contribution >= 4 is 28.4 Å². The van der Waals surface area contributed by atoms with Crippen LogP contribution in [0.25, 0.3) is 10.9 Å². The Balaban J connectivity index is 2.10. The normalized spacial score (nSPS) is 15.1. The molecule has 0 radical (unpaired) electrons. The van der Waals surface area contributed by atoms with E-state index in [-0.39, 0.29) is 16.9 Å². The van der Waals surface area contributed by atoms with Gasteiger partial charge in [-0.25, -0.2) is 0 Å². The van der Waals surface area contributed by atoms with Crippen molar-refractivity contribution in [2.45, 2.75) is 12.8 Å². The van der Waals surface area contributed by atoms with Gasteiger partial charge in [0.25, 0.3) is 5.91 Å². The second kappa shape index (κ2) is 4.70. The predicted molar refractivity (Wildman–Crippen MR) is 74.7 cm³/mol. The zero-order chi connectivity index (χ0) is 13.4. The number of nitrogens with zero attached hydrogens (tertiary/aromatic N) is 1. The first-order chi connectivity index (χ1) is 9.16. The highest BCUT2D eigenvalue weighted by Gasteiger charge is 2.22. The van der Waals surface area contributed by atoms with Crippen LogP contribution in [0.2, 0.25) is 5.02 Å². The van der Waals surface area contributed by atoms with Crippen LogP contribution in [0.1, 0.15) is 23.2 Å². The number of aromatic amines is 1. The standard InChI is InChI=1S/C14H13ClN2O2/c15-9-3-4-10-12(7-9)16-8-11(13(10)18)14(19)17-5-1-2-6-17/h3-4,7-8H,1-2,5-6H2,(H,16,18). The van der Waals surface area contributed by atoms with Gasteiger partial charge in [-0.1, -0.05) is 11.6 Å². The zero-order valence-corrected chi connectivity index (χ0v) is 11.0. The van der Waals surface area contributed by atoms with Crippen LogP contribution in [0, 0.1) is 0 Å². The number of amides is 1. The first-order valence-corrected chi connectivity index (χ1v) is 6.65. The number of H-pyrrole nitrogens is 1. The molecule has 1 aromatic heterocycles. The Morgan fingerprint density at radius 3 is 2.74 bits per heavy atom. The summed E-state index contributed by atoms with van der Waals surface area (Å²) in [5.41, 5.74) is 0.620. The number of hydrogen-bond acceptors (Lipinski definition) is 2. The van der Waals surface area contributed by atoms with E-state index in [2.05, 4.69) is 4.98 Å². The Kier molecular flexibility index (Phi) is 3.03. The van der Waals surface area contributed by atoms with E-state index in [0.717, 1.165) is 25.9 Å². The zero-order valence-electron chi connectivity index (χ0n) is 10.3. The van der Waals surface area contributed by atoms with E-state index in [0.29, 0.717) is 15.9 Å². The van der Waals surface area contributed by atoms with Crippen molar-refractivity contribution in [1.29, 1.82) is 0 Å². The van der Waals surface area contributed by atoms with E-state index in [1.165, 1.54) is 6.20 Å². The number of rotatable bonds is 1. The van der Waals surface area contributed by atoms with Crippen LogP contribution in [-0.2, 0) is 0 Å². The van der Waals surface area contributed by atoms with E-state index in [9.17, 15) is 9.59 Å². The molecule has 3 rings (SSSR count). The molecule has 2 aromatic rings. The first kappa shape index (κ1) is 12.2. The van der Waals surface area contributed by atoms with Gasteiger partial charge in [0.2, 0.25) is 5.43 Å². The van der Waals surface area contributed by atoms with Gasteiger partial charge in [0.15, 0.2) is 0 Å². The molecule has 0 bridgehead atoms. The van der Waals surface area contributed by atoms with Crippen LogP contribution >= 0.6 is 11.6 Å². The van der Waals surface area contributed by atoms with E-state index < -0.39 is 0 Å². The lowest BCUT2D eigenvalue weighted by atomic mass is 10.1. The second-order valence-electron chi connectivity index (χ2n) is 4.72. The molecule has 1 N–H and O–H groups in total. The Labute approximate surface area is 115 Å². The first-order valence-electron chi connectivity index (χ1n) is 6.27. The maximum atomic E-state index is 12.3. The van der Waals surface area contributed by atoms with Crippen LogP contribution in [0.15, 0.2) is 29.2 Å². The summed E-state index contributed by atoms with van der Waals surface area (Å²) in [5.74, 6) is -0.185. The van der Waals surface area contributed by atoms with Gasteiger partial charge in [-0.15, -0.1) is 0 Å². The number of halogens is 1. The fourth-order valence-corrected chi connectivity index (χ4v) is 2.62. The van der Waals surface area contributed by atoms with Crippen molar-refractivity contribution in [2.75, 3.05) is 13.1 Å². The molecule has 0 spiro atoms. The lowest BCUT2D eigenvalue weighted by Crippen LogP contribution is -2.31. The summed E-state index contributed by atoms with van der Waals surface area (Å²) in [7, 11) is 0. The number of carbonyl (C=O) groups is 1. The van der Waals surface area contributed by atoms with Crippen LogP contribution < -0.4 is 5.43 Å². The molecule has 1 fully saturated rings. The molecule has 0 saturated carbocycles. The topological polar surface area (TPSA) is 53.2 Å². The van der Waals surface area contributed by atoms with E-state index in [1.54, 1.807) is 23.1 Å². The van der Waals surface area contributed by atoms with Crippen molar-refractivity contribution in [3.05, 3.63) is 45.2 Å². The summed E-state index contributed by atoms with van der Waals surface area (Å²) in [5, 5.41) is 1.05. The highest BCUT2D eigenvalue weighted by molar-refractivity contribution is 6.31. The molecule has 0 aliphatic carbocycles. The Morgan fingerprint density at radius 2 is 2.00 bits per heavy atom. The van der Waals surface area contributed by atoms with Gasteiger partial charge in [-0.2, -0.15) is 0 Å². The molecule has 1 aliphatic heterocycles. The third-order valence-corrected chi connectivity index (χ3v) is 3.70. The van der Waals surface area contributed by atoms with Crippen molar-refractivity contribution < 1.29 is 4.79 Å². The molecule has 1 aliphatic rings. The van der Waals surface area contributed by atoms with Gasteiger partial charge in [0, 0.05) is 29.7 Å². The summed E-state index contributed by atoms with van der Waals surface area (Å²) < 4.78 is 0. The fraction of sp³-hybridized carbons (Fsp3) is 0.286. The van der Waals surface area contributed by atoms with Crippen molar-refractivity contribution in [3.63, 3.8) is 0 Å². The Morgan fingerprint density at radius 1 is 1.26 bits per heavy atom. The van der Waals surface area contributed by atoms with Crippen molar-refractivity contribution in [2.24, 2.45) is 0 Å². The van der Waals surface area contributed by atoms with Gasteiger partial charge in [0.05, 0.1) is 5.52 Å². The van der Waals surface area contributed by atoms with Gasteiger partial charge < -0.3 is 9.88 Å². The smallest absolute Gasteiger partial charge is 0.259 e. The lowest BCUT2D eigenvalue weighted by Gasteiger charge is -2.14. The van der Waals surface area contributed by atoms with E-state index in [1.807, 2.05) is 0 Å². The average molecular weight is 277 g/mol. The number of pyridine rings is 1. The van der Waals surface area contributed by atoms with Crippen molar-refractivity contribution in [3.8, 4) is 0 Å². The third-order valence-electron chi connectivity index (χ3n) is 3.47. The van der Waals surface area contributed by atoms with Crippen LogP contribution in [0.4, 0.5) is 0 Å². The molecule has 19 heavy (non-hydrogen) atoms. The summed E-state index contributed by atoms with van der Waals surface area (Å²) in [6.07, 6.45) is 3.50. The molecule has 1 aromatic carbocycles. The number of nitrogens with one attached hydrogen (secondary N) is 1. The Bertz CT molecular complexity index is 702. The molecule has 0 atom stereocenters. The monoisotopic (exact) mass is 276 g/mol. The molecule has 1 saturated heterocycles. The maximum absolute atomic E-state index is 12.3. The van der Waals surface area contributed by atoms with Gasteiger partial charge in [-0.05, 0) is 31.0 Å². The molecule has 4 nitrogen and oxygen atoms in total. The minimum absolute atomic E-state index is 0.185.